The third-order valence-electron chi connectivity index (χ3n) is 3.40. The largest absolute Gasteiger partial charge is 0.482 e. The van der Waals surface area contributed by atoms with E-state index in [0.29, 0.717) is 0 Å². The summed E-state index contributed by atoms with van der Waals surface area (Å²) in [4.78, 5) is 16.6. The Bertz CT molecular complexity index is 924. The first-order valence-electron chi connectivity index (χ1n) is 7.88. The number of carbonyl (C=O) groups excluding carboxylic acids is 1. The molecule has 0 atom stereocenters. The van der Waals surface area contributed by atoms with Gasteiger partial charge < -0.3 is 10.1 Å². The second-order valence-corrected chi connectivity index (χ2v) is 7.94. The fourth-order valence-corrected chi connectivity index (χ4v) is 4.11. The standard InChI is InChI=1S/C18H15F3N2O2S2/c1-11-6-7-12(14(8-11)25-10-18(19,20)21)22-16(24)9-26-17-23-13-4-2-3-5-15(13)27-17/h2-8H,9-10H2,1H3,(H,22,24). The maximum absolute atomic E-state index is 12.4. The minimum atomic E-state index is -4.45. The number of aromatic nitrogens is 1. The van der Waals surface area contributed by atoms with Crippen molar-refractivity contribution >= 4 is 44.9 Å². The molecule has 0 fully saturated rings. The van der Waals surface area contributed by atoms with Gasteiger partial charge in [0.15, 0.2) is 10.9 Å². The Morgan fingerprint density at radius 1 is 1.26 bits per heavy atom. The number of nitrogens with one attached hydrogen (secondary N) is 1. The van der Waals surface area contributed by atoms with Crippen molar-refractivity contribution in [2.75, 3.05) is 17.7 Å². The molecule has 0 aliphatic carbocycles. The van der Waals surface area contributed by atoms with Gasteiger partial charge >= 0.3 is 6.18 Å². The Kier molecular flexibility index (Phi) is 5.91. The number of amides is 1. The summed E-state index contributed by atoms with van der Waals surface area (Å²) in [7, 11) is 0. The Morgan fingerprint density at radius 2 is 2.04 bits per heavy atom. The summed E-state index contributed by atoms with van der Waals surface area (Å²) < 4.78 is 43.8. The maximum atomic E-state index is 12.4. The zero-order valence-electron chi connectivity index (χ0n) is 14.2. The van der Waals surface area contributed by atoms with Gasteiger partial charge in [0.2, 0.25) is 5.91 Å². The molecular weight excluding hydrogens is 397 g/mol. The minimum absolute atomic E-state index is 0.00865. The van der Waals surface area contributed by atoms with Crippen molar-refractivity contribution in [3.8, 4) is 5.75 Å². The summed E-state index contributed by atoms with van der Waals surface area (Å²) in [6.07, 6.45) is -4.45. The summed E-state index contributed by atoms with van der Waals surface area (Å²) in [5.74, 6) is -0.266. The summed E-state index contributed by atoms with van der Waals surface area (Å²) in [6, 6.07) is 12.3. The number of aryl methyl sites for hydroxylation is 1. The third-order valence-corrected chi connectivity index (χ3v) is 5.58. The number of anilines is 1. The molecule has 4 nitrogen and oxygen atoms in total. The van der Waals surface area contributed by atoms with Gasteiger partial charge in [0.1, 0.15) is 5.75 Å². The molecule has 0 aliphatic heterocycles. The molecule has 0 saturated heterocycles. The quantitative estimate of drug-likeness (QED) is 0.560. The number of rotatable bonds is 6. The lowest BCUT2D eigenvalue weighted by Gasteiger charge is -2.14. The lowest BCUT2D eigenvalue weighted by atomic mass is 10.2. The van der Waals surface area contributed by atoms with Gasteiger partial charge in [-0.1, -0.05) is 30.0 Å². The lowest BCUT2D eigenvalue weighted by molar-refractivity contribution is -0.153. The summed E-state index contributed by atoms with van der Waals surface area (Å²) in [5, 5.41) is 2.60. The van der Waals surface area contributed by atoms with Gasteiger partial charge in [-0.15, -0.1) is 11.3 Å². The highest BCUT2D eigenvalue weighted by atomic mass is 32.2. The Labute approximate surface area is 161 Å². The van der Waals surface area contributed by atoms with Crippen molar-refractivity contribution in [1.29, 1.82) is 0 Å². The van der Waals surface area contributed by atoms with E-state index in [0.717, 1.165) is 20.1 Å². The van der Waals surface area contributed by atoms with Gasteiger partial charge in [-0.25, -0.2) is 4.98 Å². The van der Waals surface area contributed by atoms with Gasteiger partial charge in [0.05, 0.1) is 21.7 Å². The number of benzene rings is 2. The van der Waals surface area contributed by atoms with Crippen LogP contribution in [-0.2, 0) is 4.79 Å². The van der Waals surface area contributed by atoms with Crippen molar-refractivity contribution in [2.24, 2.45) is 0 Å². The highest BCUT2D eigenvalue weighted by Gasteiger charge is 2.29. The first-order chi connectivity index (χ1) is 12.8. The first kappa shape index (κ1) is 19.5. The third kappa shape index (κ3) is 5.61. The Morgan fingerprint density at radius 3 is 2.78 bits per heavy atom. The molecule has 1 aromatic heterocycles. The monoisotopic (exact) mass is 412 g/mol. The average molecular weight is 412 g/mol. The van der Waals surface area contributed by atoms with Crippen LogP contribution in [0.1, 0.15) is 5.56 Å². The molecular formula is C18H15F3N2O2S2. The molecule has 9 heteroatoms. The van der Waals surface area contributed by atoms with Crippen molar-refractivity contribution in [1.82, 2.24) is 4.98 Å². The van der Waals surface area contributed by atoms with Crippen LogP contribution in [0.25, 0.3) is 10.2 Å². The SMILES string of the molecule is Cc1ccc(NC(=O)CSc2nc3ccccc3s2)c(OCC(F)(F)F)c1. The molecule has 0 bridgehead atoms. The molecule has 142 valence electrons. The number of fused-ring (bicyclic) bond motifs is 1. The fraction of sp³-hybridized carbons (Fsp3) is 0.222. The number of hydrogen-bond donors (Lipinski definition) is 1. The normalized spacial score (nSPS) is 11.6. The average Bonchev–Trinajstić information content (AvgIpc) is 3.02. The van der Waals surface area contributed by atoms with Gasteiger partial charge in [-0.05, 0) is 36.8 Å². The topological polar surface area (TPSA) is 51.2 Å². The molecule has 1 N–H and O–H groups in total. The zero-order valence-corrected chi connectivity index (χ0v) is 15.8. The van der Waals surface area contributed by atoms with E-state index in [1.54, 1.807) is 13.0 Å². The number of ether oxygens (including phenoxy) is 1. The van der Waals surface area contributed by atoms with Gasteiger partial charge in [-0.3, -0.25) is 4.79 Å². The van der Waals surface area contributed by atoms with Crippen LogP contribution in [0.5, 0.6) is 5.75 Å². The predicted octanol–water partition coefficient (Wildman–Crippen LogP) is 5.28. The van der Waals surface area contributed by atoms with E-state index in [2.05, 4.69) is 10.3 Å². The number of para-hydroxylation sites is 1. The van der Waals surface area contributed by atoms with E-state index in [4.69, 9.17) is 4.74 Å². The molecule has 3 rings (SSSR count). The molecule has 27 heavy (non-hydrogen) atoms. The molecule has 2 aromatic carbocycles. The van der Waals surface area contributed by atoms with Crippen LogP contribution in [0.4, 0.5) is 18.9 Å². The second-order valence-electron chi connectivity index (χ2n) is 5.69. The van der Waals surface area contributed by atoms with E-state index < -0.39 is 12.8 Å². The smallest absolute Gasteiger partial charge is 0.422 e. The highest BCUT2D eigenvalue weighted by molar-refractivity contribution is 8.01. The number of carbonyl (C=O) groups is 1. The Balaban J connectivity index is 1.63. The van der Waals surface area contributed by atoms with Crippen LogP contribution in [-0.4, -0.2) is 29.4 Å². The summed E-state index contributed by atoms with van der Waals surface area (Å²) in [6.45, 7) is 0.314. The maximum Gasteiger partial charge on any atom is 0.422 e. The lowest BCUT2D eigenvalue weighted by Crippen LogP contribution is -2.21. The van der Waals surface area contributed by atoms with Crippen LogP contribution < -0.4 is 10.1 Å². The molecule has 1 amide bonds. The Hall–Kier alpha value is -2.26. The summed E-state index contributed by atoms with van der Waals surface area (Å²) in [5.41, 5.74) is 1.81. The molecule has 0 aliphatic rings. The van der Waals surface area contributed by atoms with Crippen LogP contribution in [0.15, 0.2) is 46.8 Å². The molecule has 0 spiro atoms. The van der Waals surface area contributed by atoms with Crippen LogP contribution in [0, 0.1) is 6.92 Å². The van der Waals surface area contributed by atoms with Crippen LogP contribution >= 0.6 is 23.1 Å². The van der Waals surface area contributed by atoms with Crippen LogP contribution in [0.3, 0.4) is 0 Å². The van der Waals surface area contributed by atoms with Crippen molar-refractivity contribution in [3.05, 3.63) is 48.0 Å². The van der Waals surface area contributed by atoms with Gasteiger partial charge in [-0.2, -0.15) is 13.2 Å². The predicted molar refractivity (Wildman–Crippen MR) is 102 cm³/mol. The van der Waals surface area contributed by atoms with E-state index in [9.17, 15) is 18.0 Å². The van der Waals surface area contributed by atoms with Crippen molar-refractivity contribution < 1.29 is 22.7 Å². The number of alkyl halides is 3. The van der Waals surface area contributed by atoms with Crippen molar-refractivity contribution in [3.63, 3.8) is 0 Å². The van der Waals surface area contributed by atoms with E-state index in [1.807, 2.05) is 24.3 Å². The zero-order chi connectivity index (χ0) is 19.4. The highest BCUT2D eigenvalue weighted by Crippen LogP contribution is 2.31. The van der Waals surface area contributed by atoms with Crippen molar-refractivity contribution in [2.45, 2.75) is 17.4 Å². The number of halogens is 3. The molecule has 0 unspecified atom stereocenters. The van der Waals surface area contributed by atoms with Gasteiger partial charge in [0, 0.05) is 0 Å². The molecule has 0 radical (unpaired) electrons. The fourth-order valence-electron chi connectivity index (χ4n) is 2.24. The number of thioether (sulfide) groups is 1. The van der Waals surface area contributed by atoms with E-state index in [1.165, 1.54) is 35.2 Å². The first-order valence-corrected chi connectivity index (χ1v) is 9.69. The minimum Gasteiger partial charge on any atom is -0.482 e. The van der Waals surface area contributed by atoms with E-state index in [-0.39, 0.29) is 23.1 Å². The second kappa shape index (κ2) is 8.18. The van der Waals surface area contributed by atoms with Gasteiger partial charge in [0.25, 0.3) is 0 Å². The van der Waals surface area contributed by atoms with Crippen LogP contribution in [0.2, 0.25) is 0 Å². The molecule has 0 saturated carbocycles. The molecule has 1 heterocycles. The van der Waals surface area contributed by atoms with E-state index >= 15 is 0 Å². The number of nitrogens with zero attached hydrogens (tertiary/aromatic N) is 1. The molecule has 3 aromatic rings. The number of hydrogen-bond acceptors (Lipinski definition) is 5. The number of thiazole rings is 1. The summed E-state index contributed by atoms with van der Waals surface area (Å²) >= 11 is 2.76.